The van der Waals surface area contributed by atoms with E-state index in [4.69, 9.17) is 18.9 Å². The lowest BCUT2D eigenvalue weighted by Crippen LogP contribution is -2.32. The standard InChI is InChI=1S/C32H42O6.CH4/c1-3-5-7-9-11-23-13-17-25(18-14-23)30(33)37-28-22-35-29-27(28)21-36-32(29)38-31(34)26-19-15-24(16-20-26)12-10-8-6-4-2;/h13-20,27-29,32H,3-12,21-22H2,1-2H3;1H4/t27-,28+,29+,32+;/m1./s1. The number of carbonyl (C=O) groups is 2. The molecule has 2 saturated heterocycles. The molecule has 214 valence electrons. The molecule has 2 aliphatic rings. The van der Waals surface area contributed by atoms with E-state index in [1.807, 2.05) is 36.4 Å². The summed E-state index contributed by atoms with van der Waals surface area (Å²) in [6.07, 6.45) is 10.1. The molecule has 0 N–H and O–H groups in total. The van der Waals surface area contributed by atoms with Crippen molar-refractivity contribution in [2.45, 2.75) is 104 Å². The van der Waals surface area contributed by atoms with Crippen molar-refractivity contribution in [3.8, 4) is 0 Å². The van der Waals surface area contributed by atoms with Crippen LogP contribution in [0.5, 0.6) is 0 Å². The lowest BCUT2D eigenvalue weighted by molar-refractivity contribution is -0.130. The molecular formula is C33H46O6. The number of rotatable bonds is 14. The molecule has 2 aromatic rings. The third-order valence-corrected chi connectivity index (χ3v) is 7.57. The summed E-state index contributed by atoms with van der Waals surface area (Å²) in [4.78, 5) is 25.5. The van der Waals surface area contributed by atoms with Gasteiger partial charge in [0, 0.05) is 0 Å². The van der Waals surface area contributed by atoms with Gasteiger partial charge in [0.25, 0.3) is 0 Å². The van der Waals surface area contributed by atoms with Crippen LogP contribution in [0.25, 0.3) is 0 Å². The number of hydrogen-bond acceptors (Lipinski definition) is 6. The molecule has 0 spiro atoms. The molecule has 4 rings (SSSR count). The molecular weight excluding hydrogens is 492 g/mol. The van der Waals surface area contributed by atoms with Gasteiger partial charge in [-0.25, -0.2) is 9.59 Å². The fraction of sp³-hybridized carbons (Fsp3) is 0.576. The van der Waals surface area contributed by atoms with E-state index < -0.39 is 24.5 Å². The molecule has 2 aromatic carbocycles. The molecule has 0 unspecified atom stereocenters. The Labute approximate surface area is 234 Å². The van der Waals surface area contributed by atoms with Crippen molar-refractivity contribution in [1.29, 1.82) is 0 Å². The molecule has 39 heavy (non-hydrogen) atoms. The third kappa shape index (κ3) is 8.64. The maximum Gasteiger partial charge on any atom is 0.340 e. The first-order valence-corrected chi connectivity index (χ1v) is 14.4. The molecule has 0 bridgehead atoms. The van der Waals surface area contributed by atoms with Gasteiger partial charge in [-0.2, -0.15) is 0 Å². The van der Waals surface area contributed by atoms with E-state index >= 15 is 0 Å². The lowest BCUT2D eigenvalue weighted by atomic mass is 10.0. The first-order chi connectivity index (χ1) is 18.6. The first kappa shape index (κ1) is 30.8. The second kappa shape index (κ2) is 15.8. The summed E-state index contributed by atoms with van der Waals surface area (Å²) < 4.78 is 23.0. The molecule has 0 aliphatic carbocycles. The molecule has 0 saturated carbocycles. The van der Waals surface area contributed by atoms with Crippen molar-refractivity contribution in [2.24, 2.45) is 5.92 Å². The van der Waals surface area contributed by atoms with E-state index in [0.717, 1.165) is 25.7 Å². The van der Waals surface area contributed by atoms with Crippen molar-refractivity contribution in [3.05, 3.63) is 70.8 Å². The Hall–Kier alpha value is -2.70. The second-order valence-corrected chi connectivity index (χ2v) is 10.5. The third-order valence-electron chi connectivity index (χ3n) is 7.57. The minimum Gasteiger partial charge on any atom is -0.456 e. The van der Waals surface area contributed by atoms with Crippen molar-refractivity contribution < 1.29 is 28.5 Å². The first-order valence-electron chi connectivity index (χ1n) is 14.4. The number of ether oxygens (including phenoxy) is 4. The zero-order valence-electron chi connectivity index (χ0n) is 22.9. The van der Waals surface area contributed by atoms with Crippen LogP contribution in [0.4, 0.5) is 0 Å². The Morgan fingerprint density at radius 2 is 1.21 bits per heavy atom. The maximum absolute atomic E-state index is 12.8. The van der Waals surface area contributed by atoms with Crippen molar-refractivity contribution in [1.82, 2.24) is 0 Å². The van der Waals surface area contributed by atoms with Crippen LogP contribution in [0.2, 0.25) is 0 Å². The number of unbranched alkanes of at least 4 members (excludes halogenated alkanes) is 6. The Bertz CT molecular complexity index is 932. The summed E-state index contributed by atoms with van der Waals surface area (Å²) in [5.41, 5.74) is 3.48. The summed E-state index contributed by atoms with van der Waals surface area (Å²) in [6, 6.07) is 15.3. The highest BCUT2D eigenvalue weighted by atomic mass is 16.7. The van der Waals surface area contributed by atoms with Gasteiger partial charge in [-0.15, -0.1) is 0 Å². The van der Waals surface area contributed by atoms with Crippen LogP contribution in [0.15, 0.2) is 48.5 Å². The van der Waals surface area contributed by atoms with Crippen LogP contribution in [-0.2, 0) is 31.8 Å². The van der Waals surface area contributed by atoms with E-state index in [1.165, 1.54) is 49.7 Å². The average Bonchev–Trinajstić information content (AvgIpc) is 3.53. The molecule has 2 fully saturated rings. The maximum atomic E-state index is 12.8. The monoisotopic (exact) mass is 538 g/mol. The summed E-state index contributed by atoms with van der Waals surface area (Å²) in [7, 11) is 0. The molecule has 6 nitrogen and oxygen atoms in total. The number of carbonyl (C=O) groups excluding carboxylic acids is 2. The Morgan fingerprint density at radius 3 is 1.72 bits per heavy atom. The van der Waals surface area contributed by atoms with E-state index in [-0.39, 0.29) is 25.9 Å². The Balaban J connectivity index is 0.00000420. The largest absolute Gasteiger partial charge is 0.456 e. The van der Waals surface area contributed by atoms with Crippen LogP contribution in [0, 0.1) is 5.92 Å². The molecule has 6 heteroatoms. The fourth-order valence-corrected chi connectivity index (χ4v) is 5.18. The van der Waals surface area contributed by atoms with Crippen LogP contribution in [-0.4, -0.2) is 43.7 Å². The number of fused-ring (bicyclic) bond motifs is 1. The van der Waals surface area contributed by atoms with Crippen LogP contribution >= 0.6 is 0 Å². The predicted molar refractivity (Wildman–Crippen MR) is 153 cm³/mol. The minimum atomic E-state index is -0.808. The topological polar surface area (TPSA) is 71.1 Å². The fourth-order valence-electron chi connectivity index (χ4n) is 5.18. The molecule has 2 heterocycles. The molecule has 0 aromatic heterocycles. The van der Waals surface area contributed by atoms with Crippen LogP contribution in [0.1, 0.15) is 104 Å². The molecule has 0 amide bonds. The van der Waals surface area contributed by atoms with Crippen molar-refractivity contribution in [2.75, 3.05) is 13.2 Å². The van der Waals surface area contributed by atoms with Crippen LogP contribution in [0.3, 0.4) is 0 Å². The number of benzene rings is 2. The highest BCUT2D eigenvalue weighted by Crippen LogP contribution is 2.35. The molecule has 2 aliphatic heterocycles. The van der Waals surface area contributed by atoms with Gasteiger partial charge in [-0.05, 0) is 61.1 Å². The number of aryl methyl sites for hydroxylation is 2. The summed E-state index contributed by atoms with van der Waals surface area (Å²) in [6.45, 7) is 4.99. The van der Waals surface area contributed by atoms with Gasteiger partial charge < -0.3 is 18.9 Å². The van der Waals surface area contributed by atoms with Gasteiger partial charge >= 0.3 is 11.9 Å². The minimum absolute atomic E-state index is 0. The number of hydrogen-bond donors (Lipinski definition) is 0. The van der Waals surface area contributed by atoms with Crippen LogP contribution < -0.4 is 0 Å². The lowest BCUT2D eigenvalue weighted by Gasteiger charge is -2.17. The van der Waals surface area contributed by atoms with Gasteiger partial charge in [0.15, 0.2) is 0 Å². The number of esters is 2. The van der Waals surface area contributed by atoms with Crippen molar-refractivity contribution >= 4 is 11.9 Å². The smallest absolute Gasteiger partial charge is 0.340 e. The quantitative estimate of drug-likeness (QED) is 0.185. The predicted octanol–water partition coefficient (Wildman–Crippen LogP) is 7.32. The average molecular weight is 539 g/mol. The normalized spacial score (nSPS) is 21.7. The van der Waals surface area contributed by atoms with Gasteiger partial charge in [0.05, 0.1) is 30.3 Å². The zero-order valence-corrected chi connectivity index (χ0v) is 22.9. The van der Waals surface area contributed by atoms with Gasteiger partial charge in [0.2, 0.25) is 6.29 Å². The zero-order chi connectivity index (χ0) is 26.7. The van der Waals surface area contributed by atoms with E-state index in [2.05, 4.69) is 13.8 Å². The van der Waals surface area contributed by atoms with E-state index in [1.54, 1.807) is 12.1 Å². The second-order valence-electron chi connectivity index (χ2n) is 10.5. The van der Waals surface area contributed by atoms with Gasteiger partial charge in [0.1, 0.15) is 12.2 Å². The van der Waals surface area contributed by atoms with Gasteiger partial charge in [-0.1, -0.05) is 84.1 Å². The van der Waals surface area contributed by atoms with Crippen molar-refractivity contribution in [3.63, 3.8) is 0 Å². The summed E-state index contributed by atoms with van der Waals surface area (Å²) >= 11 is 0. The highest BCUT2D eigenvalue weighted by Gasteiger charge is 2.51. The Kier molecular flexibility index (Phi) is 12.5. The summed E-state index contributed by atoms with van der Waals surface area (Å²) in [5, 5.41) is 0. The Morgan fingerprint density at radius 1 is 0.692 bits per heavy atom. The van der Waals surface area contributed by atoms with Gasteiger partial charge in [-0.3, -0.25) is 0 Å². The van der Waals surface area contributed by atoms with E-state index in [0.29, 0.717) is 17.7 Å². The summed E-state index contributed by atoms with van der Waals surface area (Å²) in [5.74, 6) is -0.973. The molecule has 0 radical (unpaired) electrons. The highest BCUT2D eigenvalue weighted by molar-refractivity contribution is 5.90. The SMILES string of the molecule is C.CCCCCCc1ccc(C(=O)O[C@@H]2OC[C@H]3[C@@H]2OC[C@@H]3OC(=O)c2ccc(CCCCCC)cc2)cc1. The van der Waals surface area contributed by atoms with E-state index in [9.17, 15) is 9.59 Å². The molecule has 4 atom stereocenters.